The summed E-state index contributed by atoms with van der Waals surface area (Å²) in [6, 6.07) is 12.1. The average molecular weight is 232 g/mol. The number of nitrogens with zero attached hydrogens (tertiary/aromatic N) is 2. The second-order valence-corrected chi connectivity index (χ2v) is 4.33. The van der Waals surface area contributed by atoms with E-state index in [1.54, 1.807) is 0 Å². The Morgan fingerprint density at radius 1 is 0.944 bits per heavy atom. The maximum Gasteiger partial charge on any atom is 0.288 e. The van der Waals surface area contributed by atoms with Gasteiger partial charge in [-0.2, -0.15) is 0 Å². The fourth-order valence-electron chi connectivity index (χ4n) is 2.49. The maximum atomic E-state index is 11.4. The average Bonchev–Trinajstić information content (AvgIpc) is 2.78. The van der Waals surface area contributed by atoms with Gasteiger partial charge in [0, 0.05) is 5.22 Å². The van der Waals surface area contributed by atoms with E-state index >= 15 is 0 Å². The lowest BCUT2D eigenvalue weighted by Crippen LogP contribution is -2.29. The van der Waals surface area contributed by atoms with E-state index in [0.29, 0.717) is 5.36 Å². The van der Waals surface area contributed by atoms with Crippen molar-refractivity contribution >= 4 is 23.9 Å². The van der Waals surface area contributed by atoms with Crippen LogP contribution in [-0.4, -0.2) is 12.1 Å². The highest BCUT2D eigenvalue weighted by molar-refractivity contribution is 6.28. The molecule has 0 atom stereocenters. The predicted molar refractivity (Wildman–Crippen MR) is 69.4 cm³/mol. The third-order valence-corrected chi connectivity index (χ3v) is 3.28. The van der Waals surface area contributed by atoms with Gasteiger partial charge in [0.25, 0.3) is 5.91 Å². The number of carbonyl (C=O) groups is 1. The highest BCUT2D eigenvalue weighted by Crippen LogP contribution is 2.26. The van der Waals surface area contributed by atoms with Crippen molar-refractivity contribution in [3.8, 4) is 11.1 Å². The minimum absolute atomic E-state index is 0.291. The molecule has 2 aliphatic rings. The number of rotatable bonds is 0. The Kier molecular flexibility index (Phi) is 1.70. The first-order chi connectivity index (χ1) is 8.83. The van der Waals surface area contributed by atoms with Crippen molar-refractivity contribution in [2.24, 2.45) is 9.98 Å². The molecule has 3 nitrogen and oxygen atoms in total. The number of hydrogen-bond acceptors (Lipinski definition) is 2. The molecule has 0 fully saturated rings. The summed E-state index contributed by atoms with van der Waals surface area (Å²) < 4.78 is 0. The van der Waals surface area contributed by atoms with Crippen LogP contribution in [-0.2, 0) is 4.79 Å². The number of amides is 1. The highest BCUT2D eigenvalue weighted by Gasteiger charge is 2.15. The van der Waals surface area contributed by atoms with Crippen LogP contribution in [0.4, 0.5) is 5.69 Å². The number of benzene rings is 2. The molecule has 0 unspecified atom stereocenters. The van der Waals surface area contributed by atoms with E-state index in [-0.39, 0.29) is 5.91 Å². The van der Waals surface area contributed by atoms with Gasteiger partial charge in [-0.05, 0) is 28.8 Å². The lowest BCUT2D eigenvalue weighted by molar-refractivity contribution is -0.111. The van der Waals surface area contributed by atoms with Crippen molar-refractivity contribution in [1.29, 1.82) is 0 Å². The third-order valence-electron chi connectivity index (χ3n) is 3.28. The zero-order valence-electron chi connectivity index (χ0n) is 9.42. The molecule has 0 saturated carbocycles. The van der Waals surface area contributed by atoms with Crippen molar-refractivity contribution in [3.63, 3.8) is 0 Å². The van der Waals surface area contributed by atoms with Crippen LogP contribution in [0.2, 0.25) is 0 Å². The number of carbonyl (C=O) groups excluding carboxylic acids is 1. The molecular weight excluding hydrogens is 224 g/mol. The fraction of sp³-hybridized carbons (Fsp3) is 0. The first-order valence-electron chi connectivity index (χ1n) is 5.74. The topological polar surface area (TPSA) is 41.8 Å². The standard InChI is InChI=1S/C15H8N2O/c18-14-8-16-13-6-5-11-10-4-2-1-3-9(10)7-12(11)15(13)17-14/h1-8H. The van der Waals surface area contributed by atoms with E-state index in [1.165, 1.54) is 11.8 Å². The van der Waals surface area contributed by atoms with Crippen LogP contribution < -0.4 is 10.6 Å². The molecule has 3 heteroatoms. The molecule has 84 valence electrons. The summed E-state index contributed by atoms with van der Waals surface area (Å²) in [5, 5.41) is 1.69. The van der Waals surface area contributed by atoms with E-state index in [0.717, 1.165) is 22.0 Å². The van der Waals surface area contributed by atoms with E-state index in [1.807, 2.05) is 24.3 Å². The predicted octanol–water partition coefficient (Wildman–Crippen LogP) is 1.36. The largest absolute Gasteiger partial charge is 0.288 e. The smallest absolute Gasteiger partial charge is 0.266 e. The summed E-state index contributed by atoms with van der Waals surface area (Å²) in [5.41, 5.74) is 4.24. The van der Waals surface area contributed by atoms with Crippen LogP contribution >= 0.6 is 0 Å². The molecule has 1 aliphatic carbocycles. The van der Waals surface area contributed by atoms with Gasteiger partial charge in [-0.15, -0.1) is 0 Å². The molecule has 1 heterocycles. The molecule has 0 bridgehead atoms. The fourth-order valence-corrected chi connectivity index (χ4v) is 2.49. The molecule has 0 radical (unpaired) electrons. The monoisotopic (exact) mass is 232 g/mol. The van der Waals surface area contributed by atoms with Crippen molar-refractivity contribution in [2.75, 3.05) is 0 Å². The minimum atomic E-state index is -0.291. The van der Waals surface area contributed by atoms with Crippen LogP contribution in [0.1, 0.15) is 5.56 Å². The van der Waals surface area contributed by atoms with Gasteiger partial charge >= 0.3 is 0 Å². The number of aliphatic imine (C=N–C) groups is 1. The molecule has 1 amide bonds. The molecule has 0 aromatic heterocycles. The normalized spacial score (nSPS) is 14.3. The van der Waals surface area contributed by atoms with Crippen molar-refractivity contribution in [2.45, 2.75) is 0 Å². The second-order valence-electron chi connectivity index (χ2n) is 4.33. The van der Waals surface area contributed by atoms with Gasteiger partial charge in [0.05, 0.1) is 11.9 Å². The van der Waals surface area contributed by atoms with E-state index in [2.05, 4.69) is 28.2 Å². The van der Waals surface area contributed by atoms with Gasteiger partial charge in [0.1, 0.15) is 5.36 Å². The first-order valence-corrected chi connectivity index (χ1v) is 5.74. The van der Waals surface area contributed by atoms with Crippen LogP contribution in [0.15, 0.2) is 46.4 Å². The molecule has 18 heavy (non-hydrogen) atoms. The van der Waals surface area contributed by atoms with Crippen LogP contribution in [0.5, 0.6) is 0 Å². The highest BCUT2D eigenvalue weighted by atomic mass is 16.1. The Balaban J connectivity index is 2.17. The van der Waals surface area contributed by atoms with E-state index in [9.17, 15) is 4.79 Å². The molecule has 4 rings (SSSR count). The number of hydrogen-bond donors (Lipinski definition) is 0. The van der Waals surface area contributed by atoms with Gasteiger partial charge < -0.3 is 0 Å². The summed E-state index contributed by atoms with van der Waals surface area (Å²) in [7, 11) is 0. The molecule has 0 N–H and O–H groups in total. The van der Waals surface area contributed by atoms with E-state index in [4.69, 9.17) is 0 Å². The van der Waals surface area contributed by atoms with Gasteiger partial charge in [-0.25, -0.2) is 9.98 Å². The maximum absolute atomic E-state index is 11.4. The van der Waals surface area contributed by atoms with Crippen LogP contribution in [0, 0.1) is 0 Å². The van der Waals surface area contributed by atoms with Crippen molar-refractivity contribution in [3.05, 3.63) is 52.5 Å². The van der Waals surface area contributed by atoms with Gasteiger partial charge in [0.15, 0.2) is 0 Å². The summed E-state index contributed by atoms with van der Waals surface area (Å²) in [5.74, 6) is -0.291. The molecular formula is C15H8N2O. The Labute approximate surface area is 103 Å². The summed E-state index contributed by atoms with van der Waals surface area (Å²) in [4.78, 5) is 19.6. The quantitative estimate of drug-likeness (QED) is 0.577. The first kappa shape index (κ1) is 9.48. The van der Waals surface area contributed by atoms with Gasteiger partial charge in [0.2, 0.25) is 0 Å². The minimum Gasteiger partial charge on any atom is -0.266 e. The molecule has 2 aromatic rings. The summed E-state index contributed by atoms with van der Waals surface area (Å²) >= 11 is 0. The third kappa shape index (κ3) is 1.16. The molecule has 1 aliphatic heterocycles. The number of fused-ring (bicyclic) bond motifs is 5. The lowest BCUT2D eigenvalue weighted by Gasteiger charge is -2.03. The van der Waals surface area contributed by atoms with Crippen molar-refractivity contribution in [1.82, 2.24) is 0 Å². The van der Waals surface area contributed by atoms with Gasteiger partial charge in [-0.1, -0.05) is 30.3 Å². The summed E-state index contributed by atoms with van der Waals surface area (Å²) in [6.07, 6.45) is 3.33. The zero-order valence-corrected chi connectivity index (χ0v) is 9.42. The van der Waals surface area contributed by atoms with Gasteiger partial charge in [-0.3, -0.25) is 4.79 Å². The zero-order chi connectivity index (χ0) is 12.1. The summed E-state index contributed by atoms with van der Waals surface area (Å²) in [6.45, 7) is 0. The van der Waals surface area contributed by atoms with Crippen LogP contribution in [0.25, 0.3) is 17.2 Å². The Morgan fingerprint density at radius 3 is 2.78 bits per heavy atom. The second kappa shape index (κ2) is 3.23. The SMILES string of the molecule is O=C1C=Nc2ccc3c(c2=N1)=Cc1ccccc1-3. The van der Waals surface area contributed by atoms with E-state index < -0.39 is 0 Å². The Hall–Kier alpha value is -2.55. The van der Waals surface area contributed by atoms with Crippen molar-refractivity contribution < 1.29 is 4.79 Å². The Bertz CT molecular complexity index is 847. The lowest BCUT2D eigenvalue weighted by atomic mass is 10.0. The molecule has 2 aromatic carbocycles. The molecule has 0 saturated heterocycles. The van der Waals surface area contributed by atoms with Crippen LogP contribution in [0.3, 0.4) is 0 Å². The Morgan fingerprint density at radius 2 is 1.83 bits per heavy atom. The molecule has 0 spiro atoms.